The number of carbonyl (C=O) groups is 1. The van der Waals surface area contributed by atoms with Gasteiger partial charge in [-0.1, -0.05) is 22.6 Å². The minimum atomic E-state index is -0.0143. The molecule has 0 aliphatic carbocycles. The molecule has 2 heterocycles. The average Bonchev–Trinajstić information content (AvgIpc) is 2.65. The van der Waals surface area contributed by atoms with E-state index in [-0.39, 0.29) is 11.9 Å². The van der Waals surface area contributed by atoms with Gasteiger partial charge in [-0.05, 0) is 18.9 Å². The Balaban J connectivity index is 2.11. The van der Waals surface area contributed by atoms with E-state index in [4.69, 9.17) is 0 Å². The third kappa shape index (κ3) is 2.55. The van der Waals surface area contributed by atoms with Crippen LogP contribution in [0.2, 0.25) is 0 Å². The van der Waals surface area contributed by atoms with Gasteiger partial charge in [0.25, 0.3) is 0 Å². The number of alkyl halides is 1. The molecule has 1 aliphatic heterocycles. The zero-order valence-electron chi connectivity index (χ0n) is 8.61. The number of aryl methyl sites for hydroxylation is 1. The second kappa shape index (κ2) is 4.57. The van der Waals surface area contributed by atoms with Crippen LogP contribution in [0.15, 0.2) is 24.5 Å². The Morgan fingerprint density at radius 3 is 2.73 bits per heavy atom. The van der Waals surface area contributed by atoms with Gasteiger partial charge in [-0.15, -0.1) is 4.57 Å². The van der Waals surface area contributed by atoms with Crippen LogP contribution in [-0.2, 0) is 0 Å². The summed E-state index contributed by atoms with van der Waals surface area (Å²) in [6.07, 6.45) is 4.60. The van der Waals surface area contributed by atoms with Gasteiger partial charge in [-0.2, -0.15) is 0 Å². The molecular formula is C11H14IN2O+. The monoisotopic (exact) mass is 317 g/mol. The van der Waals surface area contributed by atoms with Crippen molar-refractivity contribution in [1.29, 1.82) is 0 Å². The van der Waals surface area contributed by atoms with Crippen LogP contribution in [0.5, 0.6) is 0 Å². The van der Waals surface area contributed by atoms with Crippen molar-refractivity contribution in [2.45, 2.75) is 23.3 Å². The molecule has 80 valence electrons. The number of carbonyl (C=O) groups excluding carboxylic acids is 1. The molecule has 1 fully saturated rings. The summed E-state index contributed by atoms with van der Waals surface area (Å²) in [6.45, 7) is 2.95. The van der Waals surface area contributed by atoms with Gasteiger partial charge in [-0.25, -0.2) is 4.79 Å². The van der Waals surface area contributed by atoms with E-state index in [1.165, 1.54) is 5.56 Å². The zero-order valence-corrected chi connectivity index (χ0v) is 10.8. The summed E-state index contributed by atoms with van der Waals surface area (Å²) in [5.41, 5.74) is 1.17. The van der Waals surface area contributed by atoms with Crippen molar-refractivity contribution < 1.29 is 9.36 Å². The fourth-order valence-electron chi connectivity index (χ4n) is 1.71. The Kier molecular flexibility index (Phi) is 3.35. The van der Waals surface area contributed by atoms with Crippen molar-refractivity contribution >= 4 is 28.5 Å². The number of hydrogen-bond acceptors (Lipinski definition) is 2. The highest BCUT2D eigenvalue weighted by molar-refractivity contribution is 14.1. The number of rotatable bonds is 1. The predicted octanol–water partition coefficient (Wildman–Crippen LogP) is 1.09. The Bertz CT molecular complexity index is 363. The second-order valence-electron chi connectivity index (χ2n) is 3.91. The standard InChI is InChI=1S/C11H14IN2O/c1-8-2-4-14(5-3-8)11(15)10-6-9(12)7-13-10/h2-5,9-10,13H,6-7H2,1H3/q+1/t9-,10+/m1/s1. The van der Waals surface area contributed by atoms with E-state index >= 15 is 0 Å². The largest absolute Gasteiger partial charge is 0.409 e. The lowest BCUT2D eigenvalue weighted by Gasteiger charge is -2.02. The molecule has 1 saturated heterocycles. The molecule has 0 bridgehead atoms. The molecule has 2 rings (SSSR count). The van der Waals surface area contributed by atoms with Crippen LogP contribution in [0, 0.1) is 6.92 Å². The van der Waals surface area contributed by atoms with E-state index in [0.717, 1.165) is 13.0 Å². The van der Waals surface area contributed by atoms with Gasteiger partial charge in [0.15, 0.2) is 12.4 Å². The topological polar surface area (TPSA) is 33.0 Å². The van der Waals surface area contributed by atoms with Crippen LogP contribution in [-0.4, -0.2) is 22.4 Å². The molecule has 1 N–H and O–H groups in total. The van der Waals surface area contributed by atoms with Gasteiger partial charge in [0.2, 0.25) is 0 Å². The third-order valence-electron chi connectivity index (χ3n) is 2.63. The van der Waals surface area contributed by atoms with Gasteiger partial charge in [0.05, 0.1) is 0 Å². The summed E-state index contributed by atoms with van der Waals surface area (Å²) >= 11 is 2.38. The predicted molar refractivity (Wildman–Crippen MR) is 66.2 cm³/mol. The molecule has 1 aromatic heterocycles. The maximum atomic E-state index is 12.0. The molecule has 0 saturated carbocycles. The van der Waals surface area contributed by atoms with Crippen molar-refractivity contribution in [2.75, 3.05) is 6.54 Å². The summed E-state index contributed by atoms with van der Waals surface area (Å²) < 4.78 is 2.24. The van der Waals surface area contributed by atoms with Gasteiger partial charge < -0.3 is 5.32 Å². The molecule has 1 aliphatic rings. The molecule has 0 amide bonds. The van der Waals surface area contributed by atoms with Gasteiger partial charge in [-0.3, -0.25) is 0 Å². The highest BCUT2D eigenvalue weighted by Gasteiger charge is 2.33. The summed E-state index contributed by atoms with van der Waals surface area (Å²) in [5, 5.41) is 3.24. The van der Waals surface area contributed by atoms with Crippen molar-refractivity contribution in [3.63, 3.8) is 0 Å². The fourth-order valence-corrected chi connectivity index (χ4v) is 2.47. The second-order valence-corrected chi connectivity index (χ2v) is 5.68. The minimum Gasteiger partial charge on any atom is -0.301 e. The number of nitrogens with one attached hydrogen (secondary N) is 1. The van der Waals surface area contributed by atoms with Crippen LogP contribution >= 0.6 is 22.6 Å². The van der Waals surface area contributed by atoms with Gasteiger partial charge in [0.1, 0.15) is 6.04 Å². The quantitative estimate of drug-likeness (QED) is 0.478. The van der Waals surface area contributed by atoms with Crippen LogP contribution < -0.4 is 9.88 Å². The summed E-state index contributed by atoms with van der Waals surface area (Å²) in [7, 11) is 0. The summed E-state index contributed by atoms with van der Waals surface area (Å²) in [4.78, 5) is 12.0. The Labute approximate surface area is 103 Å². The molecule has 15 heavy (non-hydrogen) atoms. The van der Waals surface area contributed by atoms with Crippen LogP contribution in [0.25, 0.3) is 0 Å². The van der Waals surface area contributed by atoms with E-state index in [0.29, 0.717) is 3.92 Å². The average molecular weight is 317 g/mol. The van der Waals surface area contributed by atoms with E-state index in [1.54, 1.807) is 4.57 Å². The number of pyridine rings is 1. The summed E-state index contributed by atoms with van der Waals surface area (Å²) in [6, 6.07) is 3.89. The lowest BCUT2D eigenvalue weighted by atomic mass is 10.2. The molecular weight excluding hydrogens is 303 g/mol. The normalized spacial score (nSPS) is 25.5. The molecule has 2 atom stereocenters. The molecule has 0 aromatic carbocycles. The Morgan fingerprint density at radius 1 is 1.53 bits per heavy atom. The molecule has 3 nitrogen and oxygen atoms in total. The number of aromatic nitrogens is 1. The van der Waals surface area contributed by atoms with Crippen molar-refractivity contribution in [2.24, 2.45) is 0 Å². The highest BCUT2D eigenvalue weighted by atomic mass is 127. The number of hydrogen-bond donors (Lipinski definition) is 1. The van der Waals surface area contributed by atoms with E-state index < -0.39 is 0 Å². The van der Waals surface area contributed by atoms with Crippen molar-refractivity contribution in [3.8, 4) is 0 Å². The van der Waals surface area contributed by atoms with Crippen molar-refractivity contribution in [3.05, 3.63) is 30.1 Å². The third-order valence-corrected chi connectivity index (χ3v) is 3.57. The van der Waals surface area contributed by atoms with Gasteiger partial charge in [0, 0.05) is 22.6 Å². The van der Waals surface area contributed by atoms with Crippen molar-refractivity contribution in [1.82, 2.24) is 5.32 Å². The van der Waals surface area contributed by atoms with E-state index in [9.17, 15) is 4.79 Å². The SMILES string of the molecule is Cc1cc[n+](C(=O)[C@@H]2C[C@@H](I)CN2)cc1. The van der Waals surface area contributed by atoms with Crippen LogP contribution in [0.1, 0.15) is 16.8 Å². The highest BCUT2D eigenvalue weighted by Crippen LogP contribution is 2.14. The maximum absolute atomic E-state index is 12.0. The van der Waals surface area contributed by atoms with Crippen LogP contribution in [0.4, 0.5) is 0 Å². The van der Waals surface area contributed by atoms with E-state index in [2.05, 4.69) is 27.9 Å². The first-order valence-corrected chi connectivity index (χ1v) is 6.31. The van der Waals surface area contributed by atoms with Gasteiger partial charge >= 0.3 is 5.91 Å². The fraction of sp³-hybridized carbons (Fsp3) is 0.455. The Morgan fingerprint density at radius 2 is 2.20 bits per heavy atom. The molecule has 4 heteroatoms. The smallest absolute Gasteiger partial charge is 0.301 e. The minimum absolute atomic E-state index is 0.0143. The summed E-state index contributed by atoms with van der Waals surface area (Å²) in [5.74, 6) is 0.147. The molecule has 0 radical (unpaired) electrons. The zero-order chi connectivity index (χ0) is 10.8. The number of nitrogens with zero attached hydrogens (tertiary/aromatic N) is 1. The lowest BCUT2D eigenvalue weighted by molar-refractivity contribution is -0.575. The first kappa shape index (κ1) is 11.0. The first-order chi connectivity index (χ1) is 7.16. The Hall–Kier alpha value is -0.490. The first-order valence-electron chi connectivity index (χ1n) is 5.06. The van der Waals surface area contributed by atoms with E-state index in [1.807, 2.05) is 31.5 Å². The maximum Gasteiger partial charge on any atom is 0.409 e. The molecule has 0 unspecified atom stereocenters. The molecule has 1 aromatic rings. The lowest BCUT2D eigenvalue weighted by Crippen LogP contribution is -2.51. The van der Waals surface area contributed by atoms with Crippen LogP contribution in [0.3, 0.4) is 0 Å². The molecule has 0 spiro atoms. The number of halogens is 1.